The van der Waals surface area contributed by atoms with Crippen molar-refractivity contribution in [2.24, 2.45) is 5.84 Å². The molecule has 10 heteroatoms. The van der Waals surface area contributed by atoms with Crippen LogP contribution in [-0.2, 0) is 13.1 Å². The Morgan fingerprint density at radius 3 is 2.44 bits per heavy atom. The molecule has 4 N–H and O–H groups in total. The molecular weight excluding hydrogens is 479 g/mol. The number of hydrogen-bond acceptors (Lipinski definition) is 6. The fourth-order valence-electron chi connectivity index (χ4n) is 4.59. The van der Waals surface area contributed by atoms with Gasteiger partial charge in [-0.3, -0.25) is 15.1 Å². The Kier molecular flexibility index (Phi) is 9.19. The molecule has 36 heavy (non-hydrogen) atoms. The van der Waals surface area contributed by atoms with Crippen LogP contribution >= 0.6 is 11.8 Å². The zero-order valence-corrected chi connectivity index (χ0v) is 21.5. The number of likely N-dealkylation sites (N-methyl/N-ethyl adjacent to an activating group) is 1. The Bertz CT molecular complexity index is 1050. The highest BCUT2D eigenvalue weighted by molar-refractivity contribution is 7.99. The summed E-state index contributed by atoms with van der Waals surface area (Å²) in [7, 11) is 0. The number of nitrogens with zero attached hydrogens (tertiary/aromatic N) is 3. The van der Waals surface area contributed by atoms with Crippen LogP contribution in [0.1, 0.15) is 39.2 Å². The van der Waals surface area contributed by atoms with Gasteiger partial charge in [0.2, 0.25) is 0 Å². The van der Waals surface area contributed by atoms with Crippen LogP contribution in [0.15, 0.2) is 42.5 Å². The monoisotopic (exact) mass is 514 g/mol. The number of urea groups is 1. The van der Waals surface area contributed by atoms with Crippen LogP contribution in [0.25, 0.3) is 0 Å². The SMILES string of the molecule is CCN1CCN(Cc2ccc(C3CN(C(=O)NCc4ccc(C(=O)NN)cc4F)CCS3)cc2)CC1. The highest BCUT2D eigenvalue weighted by Gasteiger charge is 2.25. The quantitative estimate of drug-likeness (QED) is 0.299. The fourth-order valence-corrected chi connectivity index (χ4v) is 5.84. The number of nitrogens with one attached hydrogen (secondary N) is 2. The first-order valence-electron chi connectivity index (χ1n) is 12.4. The zero-order valence-electron chi connectivity index (χ0n) is 20.7. The summed E-state index contributed by atoms with van der Waals surface area (Å²) >= 11 is 1.86. The van der Waals surface area contributed by atoms with Gasteiger partial charge in [-0.15, -0.1) is 0 Å². The van der Waals surface area contributed by atoms with Crippen molar-refractivity contribution in [3.05, 3.63) is 70.5 Å². The van der Waals surface area contributed by atoms with Gasteiger partial charge in [-0.25, -0.2) is 15.0 Å². The average molecular weight is 515 g/mol. The van der Waals surface area contributed by atoms with Crippen LogP contribution in [0.4, 0.5) is 9.18 Å². The van der Waals surface area contributed by atoms with E-state index < -0.39 is 11.7 Å². The fraction of sp³-hybridized carbons (Fsp3) is 0.462. The molecule has 0 spiro atoms. The van der Waals surface area contributed by atoms with Crippen molar-refractivity contribution >= 4 is 23.7 Å². The highest BCUT2D eigenvalue weighted by atomic mass is 32.2. The summed E-state index contributed by atoms with van der Waals surface area (Å²) in [4.78, 5) is 31.1. The summed E-state index contributed by atoms with van der Waals surface area (Å²) in [5, 5.41) is 3.02. The maximum Gasteiger partial charge on any atom is 0.317 e. The lowest BCUT2D eigenvalue weighted by Crippen LogP contribution is -2.45. The van der Waals surface area contributed by atoms with Crippen molar-refractivity contribution in [1.82, 2.24) is 25.4 Å². The minimum Gasteiger partial charge on any atom is -0.334 e. The molecule has 8 nitrogen and oxygen atoms in total. The number of hydrazine groups is 1. The van der Waals surface area contributed by atoms with Gasteiger partial charge in [0.25, 0.3) is 5.91 Å². The molecule has 2 aromatic rings. The molecule has 0 saturated carbocycles. The molecule has 2 aliphatic rings. The van der Waals surface area contributed by atoms with E-state index in [1.165, 1.54) is 23.3 Å². The van der Waals surface area contributed by atoms with Crippen LogP contribution in [-0.4, -0.2) is 78.2 Å². The molecule has 2 aliphatic heterocycles. The first kappa shape index (κ1) is 26.4. The normalized spacial score (nSPS) is 19.2. The predicted octanol–water partition coefficient (Wildman–Crippen LogP) is 2.57. The van der Waals surface area contributed by atoms with Crippen LogP contribution in [0.5, 0.6) is 0 Å². The summed E-state index contributed by atoms with van der Waals surface area (Å²) in [5.41, 5.74) is 4.95. The Morgan fingerprint density at radius 1 is 1.06 bits per heavy atom. The van der Waals surface area contributed by atoms with E-state index in [0.29, 0.717) is 18.7 Å². The molecule has 2 saturated heterocycles. The lowest BCUT2D eigenvalue weighted by atomic mass is 10.1. The Hall–Kier alpha value is -2.66. The smallest absolute Gasteiger partial charge is 0.317 e. The van der Waals surface area contributed by atoms with E-state index >= 15 is 0 Å². The molecular formula is C26H35FN6O2S. The van der Waals surface area contributed by atoms with E-state index in [1.807, 2.05) is 17.2 Å². The number of piperazine rings is 1. The third-order valence-corrected chi connectivity index (χ3v) is 8.14. The van der Waals surface area contributed by atoms with Gasteiger partial charge >= 0.3 is 6.03 Å². The number of thioether (sulfide) groups is 1. The second-order valence-electron chi connectivity index (χ2n) is 9.20. The number of amides is 3. The molecule has 3 amide bonds. The summed E-state index contributed by atoms with van der Waals surface area (Å²) in [6.45, 7) is 10.1. The van der Waals surface area contributed by atoms with Gasteiger partial charge in [0, 0.05) is 74.5 Å². The van der Waals surface area contributed by atoms with Gasteiger partial charge in [-0.2, -0.15) is 11.8 Å². The molecule has 0 aromatic heterocycles. The molecule has 0 aliphatic carbocycles. The van der Waals surface area contributed by atoms with Crippen molar-refractivity contribution < 1.29 is 14.0 Å². The maximum absolute atomic E-state index is 14.3. The van der Waals surface area contributed by atoms with Gasteiger partial charge in [-0.1, -0.05) is 37.3 Å². The van der Waals surface area contributed by atoms with E-state index in [1.54, 1.807) is 4.90 Å². The molecule has 1 unspecified atom stereocenters. The average Bonchev–Trinajstić information content (AvgIpc) is 2.92. The molecule has 4 rings (SSSR count). The van der Waals surface area contributed by atoms with Crippen molar-refractivity contribution in [2.45, 2.75) is 25.3 Å². The number of rotatable bonds is 7. The molecule has 0 radical (unpaired) electrons. The van der Waals surface area contributed by atoms with Crippen molar-refractivity contribution in [2.75, 3.05) is 51.6 Å². The summed E-state index contributed by atoms with van der Waals surface area (Å²) in [6, 6.07) is 12.7. The third-order valence-electron chi connectivity index (χ3n) is 6.90. The Balaban J connectivity index is 1.28. The number of nitrogen functional groups attached to an aromatic ring is 1. The second-order valence-corrected chi connectivity index (χ2v) is 10.5. The van der Waals surface area contributed by atoms with Gasteiger partial charge in [0.05, 0.1) is 0 Å². The van der Waals surface area contributed by atoms with Gasteiger partial charge in [0.15, 0.2) is 0 Å². The molecule has 194 valence electrons. The number of halogens is 1. The third kappa shape index (κ3) is 6.76. The van der Waals surface area contributed by atoms with E-state index in [4.69, 9.17) is 5.84 Å². The van der Waals surface area contributed by atoms with Crippen molar-refractivity contribution in [3.8, 4) is 0 Å². The van der Waals surface area contributed by atoms with Crippen molar-refractivity contribution in [3.63, 3.8) is 0 Å². The minimum atomic E-state index is -0.566. The summed E-state index contributed by atoms with van der Waals surface area (Å²) < 4.78 is 14.3. The predicted molar refractivity (Wildman–Crippen MR) is 141 cm³/mol. The van der Waals surface area contributed by atoms with Crippen LogP contribution < -0.4 is 16.6 Å². The topological polar surface area (TPSA) is 93.9 Å². The van der Waals surface area contributed by atoms with E-state index in [2.05, 4.69) is 46.3 Å². The van der Waals surface area contributed by atoms with E-state index in [0.717, 1.165) is 51.1 Å². The second kappa shape index (κ2) is 12.5. The molecule has 1 atom stereocenters. The summed E-state index contributed by atoms with van der Waals surface area (Å²) in [6.07, 6.45) is 0. The largest absolute Gasteiger partial charge is 0.334 e. The van der Waals surface area contributed by atoms with E-state index in [9.17, 15) is 14.0 Å². The number of benzene rings is 2. The van der Waals surface area contributed by atoms with Crippen LogP contribution in [0.3, 0.4) is 0 Å². The lowest BCUT2D eigenvalue weighted by molar-refractivity contribution is 0.0953. The van der Waals surface area contributed by atoms with E-state index in [-0.39, 0.29) is 23.4 Å². The minimum absolute atomic E-state index is 0.0463. The molecule has 2 heterocycles. The first-order valence-corrected chi connectivity index (χ1v) is 13.5. The highest BCUT2D eigenvalue weighted by Crippen LogP contribution is 2.33. The molecule has 0 bridgehead atoms. The summed E-state index contributed by atoms with van der Waals surface area (Å²) in [5.74, 6) is 4.81. The lowest BCUT2D eigenvalue weighted by Gasteiger charge is -2.34. The van der Waals surface area contributed by atoms with Crippen molar-refractivity contribution in [1.29, 1.82) is 0 Å². The number of hydrogen-bond donors (Lipinski definition) is 3. The maximum atomic E-state index is 14.3. The number of nitrogens with two attached hydrogens (primary N) is 1. The molecule has 2 aromatic carbocycles. The van der Waals surface area contributed by atoms with Crippen LogP contribution in [0, 0.1) is 5.82 Å². The Morgan fingerprint density at radius 2 is 1.78 bits per heavy atom. The van der Waals surface area contributed by atoms with Crippen LogP contribution in [0.2, 0.25) is 0 Å². The Labute approximate surface area is 216 Å². The van der Waals surface area contributed by atoms with Gasteiger partial charge < -0.3 is 15.1 Å². The zero-order chi connectivity index (χ0) is 25.5. The van der Waals surface area contributed by atoms with Gasteiger partial charge in [0.1, 0.15) is 5.82 Å². The standard InChI is InChI=1S/C26H35FN6O2S/c1-2-31-9-11-32(12-10-31)17-19-3-5-20(6-4-19)24-18-33(13-14-36-24)26(35)29-16-22-8-7-21(15-23(22)27)25(34)30-28/h3-8,15,24H,2,9-14,16-18,28H2,1H3,(H,29,35)(H,30,34). The number of carbonyl (C=O) groups excluding carboxylic acids is 2. The molecule has 2 fully saturated rings. The van der Waals surface area contributed by atoms with Gasteiger partial charge in [-0.05, 0) is 29.8 Å². The first-order chi connectivity index (χ1) is 17.5. The number of carbonyl (C=O) groups is 2.